The molecule has 2 aromatic heterocycles. The van der Waals surface area contributed by atoms with Crippen LogP contribution in [0.25, 0.3) is 11.2 Å². The number of esters is 1. The molecule has 2 unspecified atom stereocenters. The smallest absolute Gasteiger partial charge is 0.308 e. The molecule has 3 N–H and O–H groups in total. The lowest BCUT2D eigenvalue weighted by atomic mass is 10.1. The van der Waals surface area contributed by atoms with Gasteiger partial charge < -0.3 is 34.2 Å². The molecule has 3 aliphatic rings. The third kappa shape index (κ3) is 6.52. The lowest BCUT2D eigenvalue weighted by Crippen LogP contribution is -2.44. The number of anilines is 1. The van der Waals surface area contributed by atoms with Gasteiger partial charge in [0.2, 0.25) is 11.7 Å². The van der Waals surface area contributed by atoms with Gasteiger partial charge in [-0.05, 0) is 38.5 Å². The van der Waals surface area contributed by atoms with Crippen LogP contribution >= 0.6 is 0 Å². The van der Waals surface area contributed by atoms with E-state index >= 15 is 0 Å². The van der Waals surface area contributed by atoms with Crippen LogP contribution in [0.15, 0.2) is 4.79 Å². The number of nitrogens with one attached hydrogen (secondary N) is 1. The summed E-state index contributed by atoms with van der Waals surface area (Å²) in [4.78, 5) is 50.4. The first-order valence-corrected chi connectivity index (χ1v) is 14.8. The minimum Gasteiger partial charge on any atom is -0.454 e. The highest BCUT2D eigenvalue weighted by Gasteiger charge is 2.52. The van der Waals surface area contributed by atoms with Crippen molar-refractivity contribution in [3.05, 3.63) is 16.2 Å². The molecule has 0 amide bonds. The van der Waals surface area contributed by atoms with Crippen LogP contribution in [-0.2, 0) is 33.2 Å². The predicted octanol–water partition coefficient (Wildman–Crippen LogP) is 2.46. The van der Waals surface area contributed by atoms with Crippen molar-refractivity contribution >= 4 is 28.9 Å². The van der Waals surface area contributed by atoms with Crippen molar-refractivity contribution < 1.29 is 38.0 Å². The monoisotopic (exact) mass is 591 g/mol. The molecule has 0 aromatic carbocycles. The summed E-state index contributed by atoms with van der Waals surface area (Å²) in [7, 11) is 0. The molecule has 42 heavy (non-hydrogen) atoms. The second-order valence-electron chi connectivity index (χ2n) is 11.6. The van der Waals surface area contributed by atoms with Gasteiger partial charge in [0.25, 0.3) is 5.56 Å². The van der Waals surface area contributed by atoms with E-state index in [1.165, 1.54) is 4.57 Å². The normalized spacial score (nSPS) is 28.5. The molecule has 5 rings (SSSR count). The lowest BCUT2D eigenvalue weighted by Gasteiger charge is -2.31. The van der Waals surface area contributed by atoms with Crippen molar-refractivity contribution in [1.82, 2.24) is 19.5 Å². The SMILES string of the molecule is CC(C)C(=O)O[C@@H]1C(n2c(C(=O)C(C)C)nc3c(=O)[nH]c(N)nc32)O[C@H](COC2CCCCO2)[C@H]1O[C@H]1CCCCO1. The summed E-state index contributed by atoms with van der Waals surface area (Å²) in [6, 6.07) is 0. The number of aromatic nitrogens is 4. The molecule has 14 nitrogen and oxygen atoms in total. The zero-order chi connectivity index (χ0) is 30.0. The highest BCUT2D eigenvalue weighted by Crippen LogP contribution is 2.39. The van der Waals surface area contributed by atoms with Gasteiger partial charge in [0.05, 0.1) is 12.5 Å². The van der Waals surface area contributed by atoms with Crippen LogP contribution < -0.4 is 11.3 Å². The first-order valence-electron chi connectivity index (χ1n) is 14.8. The number of fused-ring (bicyclic) bond motifs is 1. The second kappa shape index (κ2) is 13.2. The number of ketones is 1. The number of nitrogens with two attached hydrogens (primary N) is 1. The fraction of sp³-hybridized carbons (Fsp3) is 0.750. The number of nitrogens with zero attached hydrogens (tertiary/aromatic N) is 3. The molecular formula is C28H41N5O9. The molecule has 14 heteroatoms. The summed E-state index contributed by atoms with van der Waals surface area (Å²) in [5, 5.41) is 0. The highest BCUT2D eigenvalue weighted by molar-refractivity contribution is 5.97. The Hall–Kier alpha value is -2.91. The molecular weight excluding hydrogens is 550 g/mol. The molecule has 0 radical (unpaired) electrons. The van der Waals surface area contributed by atoms with Crippen molar-refractivity contribution in [2.24, 2.45) is 11.8 Å². The van der Waals surface area contributed by atoms with Crippen molar-refractivity contribution in [2.75, 3.05) is 25.6 Å². The molecule has 2 aromatic rings. The van der Waals surface area contributed by atoms with Crippen molar-refractivity contribution in [3.63, 3.8) is 0 Å². The Kier molecular flexibility index (Phi) is 9.57. The molecule has 0 bridgehead atoms. The summed E-state index contributed by atoms with van der Waals surface area (Å²) in [5.41, 5.74) is 5.24. The van der Waals surface area contributed by atoms with Crippen LogP contribution in [0.3, 0.4) is 0 Å². The fourth-order valence-corrected chi connectivity index (χ4v) is 5.32. The third-order valence-corrected chi connectivity index (χ3v) is 7.61. The fourth-order valence-electron chi connectivity index (χ4n) is 5.32. The average molecular weight is 592 g/mol. The standard InChI is InChI=1S/C28H41N5O9/c1-14(2)20(34)24-30-19-23(31-28(29)32-25(19)35)33(24)26-22(42-27(36)15(3)4)21(41-18-10-6-8-12-38-18)16(40-26)13-39-17-9-5-7-11-37-17/h14-18,21-22,26H,5-13H2,1-4H3,(H3,29,31,32,35)/t16-,17?,18+,21-,22+,26?/m1/s1. The number of nitrogen functional groups attached to an aromatic ring is 1. The average Bonchev–Trinajstić information content (AvgIpc) is 3.50. The van der Waals surface area contributed by atoms with Crippen LogP contribution in [-0.4, -0.2) is 82.0 Å². The largest absolute Gasteiger partial charge is 0.454 e. The Morgan fingerprint density at radius 1 is 1.00 bits per heavy atom. The van der Waals surface area contributed by atoms with Gasteiger partial charge in [-0.3, -0.25) is 23.9 Å². The number of imidazole rings is 1. The number of ether oxygens (including phenoxy) is 6. The Morgan fingerprint density at radius 3 is 2.31 bits per heavy atom. The van der Waals surface area contributed by atoms with Crippen molar-refractivity contribution in [3.8, 4) is 0 Å². The Balaban J connectivity index is 1.59. The summed E-state index contributed by atoms with van der Waals surface area (Å²) < 4.78 is 38.2. The number of aromatic amines is 1. The summed E-state index contributed by atoms with van der Waals surface area (Å²) in [6.45, 7) is 8.08. The predicted molar refractivity (Wildman–Crippen MR) is 148 cm³/mol. The lowest BCUT2D eigenvalue weighted by molar-refractivity contribution is -0.226. The van der Waals surface area contributed by atoms with E-state index in [1.807, 2.05) is 0 Å². The maximum absolute atomic E-state index is 13.4. The molecule has 3 saturated heterocycles. The first kappa shape index (κ1) is 30.5. The van der Waals surface area contributed by atoms with E-state index in [2.05, 4.69) is 15.0 Å². The molecule has 0 aliphatic carbocycles. The molecule has 0 spiro atoms. The van der Waals surface area contributed by atoms with E-state index in [4.69, 9.17) is 34.2 Å². The van der Waals surface area contributed by atoms with Gasteiger partial charge in [-0.2, -0.15) is 4.98 Å². The van der Waals surface area contributed by atoms with E-state index in [-0.39, 0.29) is 35.3 Å². The van der Waals surface area contributed by atoms with Gasteiger partial charge in [0, 0.05) is 19.1 Å². The van der Waals surface area contributed by atoms with Gasteiger partial charge in [-0.1, -0.05) is 27.7 Å². The maximum Gasteiger partial charge on any atom is 0.308 e. The van der Waals surface area contributed by atoms with Crippen LogP contribution in [0, 0.1) is 11.8 Å². The van der Waals surface area contributed by atoms with Gasteiger partial charge in [0.1, 0.15) is 12.2 Å². The highest BCUT2D eigenvalue weighted by atomic mass is 16.7. The van der Waals surface area contributed by atoms with E-state index < -0.39 is 60.5 Å². The third-order valence-electron chi connectivity index (χ3n) is 7.61. The van der Waals surface area contributed by atoms with Gasteiger partial charge in [-0.15, -0.1) is 0 Å². The number of hydrogen-bond donors (Lipinski definition) is 2. The second-order valence-corrected chi connectivity index (χ2v) is 11.6. The summed E-state index contributed by atoms with van der Waals surface area (Å²) in [6.07, 6.45) is 0.423. The topological polar surface area (TPSA) is 179 Å². The zero-order valence-corrected chi connectivity index (χ0v) is 24.6. The van der Waals surface area contributed by atoms with Gasteiger partial charge in [0.15, 0.2) is 41.9 Å². The number of rotatable bonds is 10. The van der Waals surface area contributed by atoms with E-state index in [0.717, 1.165) is 32.1 Å². The Morgan fingerprint density at radius 2 is 1.69 bits per heavy atom. The van der Waals surface area contributed by atoms with Crippen LogP contribution in [0.4, 0.5) is 5.95 Å². The van der Waals surface area contributed by atoms with E-state index in [1.54, 1.807) is 27.7 Å². The van der Waals surface area contributed by atoms with E-state index in [0.29, 0.717) is 19.6 Å². The van der Waals surface area contributed by atoms with Crippen molar-refractivity contribution in [1.29, 1.82) is 0 Å². The quantitative estimate of drug-likeness (QED) is 0.305. The van der Waals surface area contributed by atoms with Crippen LogP contribution in [0.1, 0.15) is 83.1 Å². The minimum atomic E-state index is -1.14. The van der Waals surface area contributed by atoms with Gasteiger partial charge in [-0.25, -0.2) is 4.98 Å². The number of carbonyl (C=O) groups is 2. The minimum absolute atomic E-state index is 0.0284. The maximum atomic E-state index is 13.4. The number of Topliss-reactive ketones (excluding diaryl/α,β-unsaturated/α-hetero) is 1. The molecule has 3 fully saturated rings. The summed E-state index contributed by atoms with van der Waals surface area (Å²) >= 11 is 0. The van der Waals surface area contributed by atoms with Crippen molar-refractivity contribution in [2.45, 2.75) is 103 Å². The Bertz CT molecular complexity index is 1310. The molecule has 232 valence electrons. The molecule has 6 atom stereocenters. The Labute approximate surface area is 243 Å². The molecule has 5 heterocycles. The molecule has 0 saturated carbocycles. The van der Waals surface area contributed by atoms with E-state index in [9.17, 15) is 14.4 Å². The number of H-pyrrole nitrogens is 1. The molecule has 3 aliphatic heterocycles. The van der Waals surface area contributed by atoms with Crippen LogP contribution in [0.5, 0.6) is 0 Å². The number of carbonyl (C=O) groups excluding carboxylic acids is 2. The summed E-state index contributed by atoms with van der Waals surface area (Å²) in [5.74, 6) is -2.01. The van der Waals surface area contributed by atoms with Gasteiger partial charge >= 0.3 is 5.97 Å². The zero-order valence-electron chi connectivity index (χ0n) is 24.6. The number of hydrogen-bond acceptors (Lipinski definition) is 12. The van der Waals surface area contributed by atoms with Crippen LogP contribution in [0.2, 0.25) is 0 Å². The first-order chi connectivity index (χ1) is 20.1.